The van der Waals surface area contributed by atoms with Crippen LogP contribution in [0.1, 0.15) is 12.8 Å². The number of carbonyl (C=O) groups is 1. The molecule has 0 unspecified atom stereocenters. The summed E-state index contributed by atoms with van der Waals surface area (Å²) in [6.45, 7) is 0.943. The Bertz CT molecular complexity index is 694. The third-order valence-corrected chi connectivity index (χ3v) is 3.64. The average molecular weight is 337 g/mol. The van der Waals surface area contributed by atoms with Gasteiger partial charge in [-0.25, -0.2) is 8.78 Å². The fourth-order valence-electron chi connectivity index (χ4n) is 2.51. The summed E-state index contributed by atoms with van der Waals surface area (Å²) in [5.74, 6) is -1.66. The zero-order valence-corrected chi connectivity index (χ0v) is 12.9. The van der Waals surface area contributed by atoms with Crippen LogP contribution >= 0.6 is 0 Å². The number of hydrogen-bond acceptors (Lipinski definition) is 4. The van der Waals surface area contributed by atoms with Gasteiger partial charge in [0.05, 0.1) is 24.0 Å². The molecule has 128 valence electrons. The second kappa shape index (κ2) is 7.50. The van der Waals surface area contributed by atoms with Crippen molar-refractivity contribution in [3.05, 3.63) is 35.9 Å². The monoisotopic (exact) mass is 337 g/mol. The normalized spacial score (nSPS) is 17.2. The molecule has 1 aliphatic rings. The molecule has 1 atom stereocenters. The summed E-state index contributed by atoms with van der Waals surface area (Å²) in [6, 6.07) is 4.94. The first kappa shape index (κ1) is 16.5. The molecular weight excluding hydrogens is 320 g/mol. The van der Waals surface area contributed by atoms with Crippen LogP contribution in [0.4, 0.5) is 14.6 Å². The predicted molar refractivity (Wildman–Crippen MR) is 82.4 cm³/mol. The summed E-state index contributed by atoms with van der Waals surface area (Å²) in [6.07, 6.45) is 1.97. The lowest BCUT2D eigenvalue weighted by Gasteiger charge is -2.09. The van der Waals surface area contributed by atoms with Gasteiger partial charge in [0.2, 0.25) is 0 Å². The lowest BCUT2D eigenvalue weighted by atomic mass is 10.1. The number of amides is 1. The Morgan fingerprint density at radius 2 is 2.21 bits per heavy atom. The van der Waals surface area contributed by atoms with E-state index in [1.54, 1.807) is 0 Å². The number of carbonyl (C=O) groups excluding carboxylic acids is 1. The lowest BCUT2D eigenvalue weighted by Crippen LogP contribution is -2.22. The zero-order chi connectivity index (χ0) is 16.9. The molecule has 6 nitrogen and oxygen atoms in total. The van der Waals surface area contributed by atoms with Gasteiger partial charge in [0.25, 0.3) is 5.91 Å². The van der Waals surface area contributed by atoms with Gasteiger partial charge in [0, 0.05) is 12.7 Å². The molecular formula is C16H17F2N3O3. The summed E-state index contributed by atoms with van der Waals surface area (Å²) >= 11 is 0. The Balaban J connectivity index is 1.54. The van der Waals surface area contributed by atoms with Crippen LogP contribution < -0.4 is 5.32 Å². The van der Waals surface area contributed by atoms with Gasteiger partial charge in [0.1, 0.15) is 18.2 Å². The highest BCUT2D eigenvalue weighted by Gasteiger charge is 2.17. The first-order valence-corrected chi connectivity index (χ1v) is 7.62. The third kappa shape index (κ3) is 3.95. The molecule has 0 aliphatic carbocycles. The van der Waals surface area contributed by atoms with Gasteiger partial charge >= 0.3 is 0 Å². The maximum Gasteiger partial charge on any atom is 0.251 e. The SMILES string of the molecule is O=C(COC[C@@H]1CCCO1)Nc1cc(-c2c(F)cccc2F)[nH]n1. The number of aromatic amines is 1. The molecule has 0 saturated carbocycles. The highest BCUT2D eigenvalue weighted by molar-refractivity contribution is 5.91. The number of halogens is 2. The molecule has 2 heterocycles. The van der Waals surface area contributed by atoms with Crippen molar-refractivity contribution in [3.8, 4) is 11.3 Å². The van der Waals surface area contributed by atoms with E-state index in [0.717, 1.165) is 31.6 Å². The molecule has 1 aromatic carbocycles. The average Bonchev–Trinajstić information content (AvgIpc) is 3.19. The first-order chi connectivity index (χ1) is 11.6. The summed E-state index contributed by atoms with van der Waals surface area (Å²) in [5, 5.41) is 8.84. The van der Waals surface area contributed by atoms with Crippen molar-refractivity contribution in [2.75, 3.05) is 25.1 Å². The molecule has 1 saturated heterocycles. The Kier molecular flexibility index (Phi) is 5.17. The zero-order valence-electron chi connectivity index (χ0n) is 12.9. The maximum absolute atomic E-state index is 13.7. The molecule has 2 aromatic rings. The number of anilines is 1. The molecule has 0 radical (unpaired) electrons. The largest absolute Gasteiger partial charge is 0.376 e. The van der Waals surface area contributed by atoms with Crippen molar-refractivity contribution in [1.82, 2.24) is 10.2 Å². The van der Waals surface area contributed by atoms with Gasteiger partial charge < -0.3 is 14.8 Å². The highest BCUT2D eigenvalue weighted by Crippen LogP contribution is 2.25. The summed E-state index contributed by atoms with van der Waals surface area (Å²) in [5.41, 5.74) is -0.0821. The minimum Gasteiger partial charge on any atom is -0.376 e. The smallest absolute Gasteiger partial charge is 0.251 e. The quantitative estimate of drug-likeness (QED) is 0.849. The predicted octanol–water partition coefficient (Wildman–Crippen LogP) is 2.49. The van der Waals surface area contributed by atoms with Gasteiger partial charge in [-0.2, -0.15) is 5.10 Å². The second-order valence-electron chi connectivity index (χ2n) is 5.46. The summed E-state index contributed by atoms with van der Waals surface area (Å²) < 4.78 is 38.1. The molecule has 8 heteroatoms. The minimum absolute atomic E-state index is 0.0406. The molecule has 2 N–H and O–H groups in total. The number of nitrogens with one attached hydrogen (secondary N) is 2. The van der Waals surface area contributed by atoms with E-state index >= 15 is 0 Å². The van der Waals surface area contributed by atoms with Crippen LogP contribution in [0.5, 0.6) is 0 Å². The van der Waals surface area contributed by atoms with Crippen molar-refractivity contribution in [2.24, 2.45) is 0 Å². The van der Waals surface area contributed by atoms with Crippen LogP contribution in [0.2, 0.25) is 0 Å². The van der Waals surface area contributed by atoms with Crippen molar-refractivity contribution in [1.29, 1.82) is 0 Å². The van der Waals surface area contributed by atoms with E-state index in [4.69, 9.17) is 9.47 Å². The number of aromatic nitrogens is 2. The topological polar surface area (TPSA) is 76.2 Å². The number of rotatable bonds is 6. The molecule has 0 bridgehead atoms. The van der Waals surface area contributed by atoms with E-state index in [2.05, 4.69) is 15.5 Å². The van der Waals surface area contributed by atoms with E-state index in [1.807, 2.05) is 0 Å². The van der Waals surface area contributed by atoms with Crippen LogP contribution in [0, 0.1) is 11.6 Å². The van der Waals surface area contributed by atoms with Crippen molar-refractivity contribution in [2.45, 2.75) is 18.9 Å². The fraction of sp³-hybridized carbons (Fsp3) is 0.375. The van der Waals surface area contributed by atoms with Gasteiger partial charge in [-0.05, 0) is 25.0 Å². The van der Waals surface area contributed by atoms with E-state index < -0.39 is 17.5 Å². The van der Waals surface area contributed by atoms with Gasteiger partial charge in [-0.3, -0.25) is 9.89 Å². The maximum atomic E-state index is 13.7. The van der Waals surface area contributed by atoms with Gasteiger partial charge in [0.15, 0.2) is 5.82 Å². The van der Waals surface area contributed by atoms with Gasteiger partial charge in [-0.1, -0.05) is 6.07 Å². The molecule has 1 aromatic heterocycles. The van der Waals surface area contributed by atoms with Crippen LogP contribution in [-0.4, -0.2) is 42.0 Å². The van der Waals surface area contributed by atoms with Crippen molar-refractivity contribution < 1.29 is 23.0 Å². The number of nitrogens with zero attached hydrogens (tertiary/aromatic N) is 1. The molecule has 24 heavy (non-hydrogen) atoms. The first-order valence-electron chi connectivity index (χ1n) is 7.62. The molecule has 0 spiro atoms. The Morgan fingerprint density at radius 3 is 2.92 bits per heavy atom. The Hall–Kier alpha value is -2.32. The minimum atomic E-state index is -0.712. The lowest BCUT2D eigenvalue weighted by molar-refractivity contribution is -0.121. The molecule has 1 aliphatic heterocycles. The molecule has 1 fully saturated rings. The van der Waals surface area contributed by atoms with E-state index in [1.165, 1.54) is 12.1 Å². The van der Waals surface area contributed by atoms with E-state index in [9.17, 15) is 13.6 Å². The molecule has 3 rings (SSSR count). The van der Waals surface area contributed by atoms with Crippen molar-refractivity contribution in [3.63, 3.8) is 0 Å². The number of benzene rings is 1. The Morgan fingerprint density at radius 1 is 1.42 bits per heavy atom. The standard InChI is InChI=1S/C16H17F2N3O3/c17-11-4-1-5-12(18)16(11)13-7-14(21-20-13)19-15(22)9-23-8-10-3-2-6-24-10/h1,4-5,7,10H,2-3,6,8-9H2,(H2,19,20,21,22)/t10-/m0/s1. The van der Waals surface area contributed by atoms with Crippen molar-refractivity contribution >= 4 is 11.7 Å². The second-order valence-corrected chi connectivity index (χ2v) is 5.46. The number of ether oxygens (including phenoxy) is 2. The number of H-pyrrole nitrogens is 1. The van der Waals surface area contributed by atoms with E-state index in [-0.39, 0.29) is 29.8 Å². The highest BCUT2D eigenvalue weighted by atomic mass is 19.1. The van der Waals surface area contributed by atoms with Crippen LogP contribution in [0.3, 0.4) is 0 Å². The Labute approximate surface area is 137 Å². The summed E-state index contributed by atoms with van der Waals surface area (Å²) in [4.78, 5) is 11.8. The fourth-order valence-corrected chi connectivity index (χ4v) is 2.51. The molecule has 1 amide bonds. The number of hydrogen-bond donors (Lipinski definition) is 2. The van der Waals surface area contributed by atoms with Crippen LogP contribution in [0.15, 0.2) is 24.3 Å². The van der Waals surface area contributed by atoms with E-state index in [0.29, 0.717) is 6.61 Å². The van der Waals surface area contributed by atoms with Gasteiger partial charge in [-0.15, -0.1) is 0 Å². The third-order valence-electron chi connectivity index (χ3n) is 3.64. The summed E-state index contributed by atoms with van der Waals surface area (Å²) in [7, 11) is 0. The van der Waals surface area contributed by atoms with Crippen LogP contribution in [-0.2, 0) is 14.3 Å². The van der Waals surface area contributed by atoms with Crippen LogP contribution in [0.25, 0.3) is 11.3 Å².